The second-order valence-corrected chi connectivity index (χ2v) is 8.82. The molecule has 0 bridgehead atoms. The zero-order valence-corrected chi connectivity index (χ0v) is 19.7. The standard InChI is InChI=1S/C27H28N6O/c1-17-10-9-11-18(2)23(17)31-26(34)25-29-22(16-33(25)3)30-27-28-21-15-8-7-14-20(21)24(32-27)19-12-5-4-6-13-19/h5,7-12,14-16,19H,4,6,13H2,1-3H3,(H,31,34)(H,28,30,32)/t19-/m0/s1. The fraction of sp³-hybridized carbons (Fsp3) is 0.259. The zero-order chi connectivity index (χ0) is 23.7. The molecule has 1 aliphatic rings. The monoisotopic (exact) mass is 452 g/mol. The normalized spacial score (nSPS) is 15.4. The molecule has 0 fully saturated rings. The van der Waals surface area contributed by atoms with E-state index < -0.39 is 0 Å². The molecular formula is C27H28N6O. The average Bonchev–Trinajstić information content (AvgIpc) is 3.21. The number of anilines is 3. The number of imidazole rings is 1. The van der Waals surface area contributed by atoms with Gasteiger partial charge in [-0.25, -0.2) is 15.0 Å². The van der Waals surface area contributed by atoms with Crippen LogP contribution in [0.1, 0.15) is 52.6 Å². The van der Waals surface area contributed by atoms with Gasteiger partial charge in [-0.3, -0.25) is 4.79 Å². The Morgan fingerprint density at radius 2 is 1.82 bits per heavy atom. The molecule has 2 aromatic carbocycles. The van der Waals surface area contributed by atoms with Crippen LogP contribution in [-0.4, -0.2) is 25.4 Å². The van der Waals surface area contributed by atoms with Gasteiger partial charge in [0.2, 0.25) is 11.8 Å². The van der Waals surface area contributed by atoms with Gasteiger partial charge in [0.05, 0.1) is 11.2 Å². The maximum atomic E-state index is 13.0. The number of nitrogens with one attached hydrogen (secondary N) is 2. The van der Waals surface area contributed by atoms with Crippen LogP contribution in [0, 0.1) is 13.8 Å². The number of rotatable bonds is 5. The molecule has 2 aromatic heterocycles. The van der Waals surface area contributed by atoms with E-state index in [2.05, 4.69) is 33.8 Å². The van der Waals surface area contributed by atoms with Crippen molar-refractivity contribution < 1.29 is 4.79 Å². The molecule has 0 radical (unpaired) electrons. The smallest absolute Gasteiger partial charge is 0.291 e. The van der Waals surface area contributed by atoms with Gasteiger partial charge in [0.25, 0.3) is 5.91 Å². The number of aryl methyl sites for hydroxylation is 3. The van der Waals surface area contributed by atoms with Gasteiger partial charge >= 0.3 is 0 Å². The molecular weight excluding hydrogens is 424 g/mol. The van der Waals surface area contributed by atoms with Gasteiger partial charge in [0.15, 0.2) is 5.82 Å². The van der Waals surface area contributed by atoms with Crippen LogP contribution >= 0.6 is 0 Å². The second kappa shape index (κ2) is 9.09. The van der Waals surface area contributed by atoms with Crippen molar-refractivity contribution >= 4 is 34.3 Å². The third-order valence-electron chi connectivity index (χ3n) is 6.28. The lowest BCUT2D eigenvalue weighted by atomic mass is 9.91. The number of benzene rings is 2. The largest absolute Gasteiger partial charge is 0.328 e. The molecule has 172 valence electrons. The summed E-state index contributed by atoms with van der Waals surface area (Å²) >= 11 is 0. The summed E-state index contributed by atoms with van der Waals surface area (Å²) in [6, 6.07) is 14.0. The molecule has 5 rings (SSSR count). The molecule has 0 aliphatic heterocycles. The van der Waals surface area contributed by atoms with Crippen LogP contribution in [-0.2, 0) is 7.05 Å². The van der Waals surface area contributed by atoms with Crippen LogP contribution < -0.4 is 10.6 Å². The highest BCUT2D eigenvalue weighted by atomic mass is 16.2. The highest BCUT2D eigenvalue weighted by Gasteiger charge is 2.19. The molecule has 0 saturated carbocycles. The summed E-state index contributed by atoms with van der Waals surface area (Å²) in [4.78, 5) is 27.1. The third kappa shape index (κ3) is 4.29. The van der Waals surface area contributed by atoms with Gasteiger partial charge in [0.1, 0.15) is 0 Å². The summed E-state index contributed by atoms with van der Waals surface area (Å²) in [5, 5.41) is 7.29. The number of hydrogen-bond acceptors (Lipinski definition) is 5. The van der Waals surface area contributed by atoms with E-state index in [1.165, 1.54) is 0 Å². The fourth-order valence-electron chi connectivity index (χ4n) is 4.51. The van der Waals surface area contributed by atoms with Crippen LogP contribution in [0.4, 0.5) is 17.5 Å². The van der Waals surface area contributed by atoms with E-state index in [4.69, 9.17) is 9.97 Å². The average molecular weight is 453 g/mol. The van der Waals surface area contributed by atoms with Crippen molar-refractivity contribution in [3.05, 3.63) is 83.5 Å². The maximum absolute atomic E-state index is 13.0. The van der Waals surface area contributed by atoms with E-state index in [1.54, 1.807) is 17.8 Å². The number of aromatic nitrogens is 4. The van der Waals surface area contributed by atoms with Crippen molar-refractivity contribution in [3.8, 4) is 0 Å². The van der Waals surface area contributed by atoms with Gasteiger partial charge < -0.3 is 15.2 Å². The molecule has 1 amide bonds. The Labute approximate surface area is 199 Å². The van der Waals surface area contributed by atoms with Crippen LogP contribution in [0.2, 0.25) is 0 Å². The second-order valence-electron chi connectivity index (χ2n) is 8.82. The molecule has 7 heteroatoms. The van der Waals surface area contributed by atoms with E-state index in [0.717, 1.165) is 52.7 Å². The van der Waals surface area contributed by atoms with Crippen molar-refractivity contribution in [3.63, 3.8) is 0 Å². The van der Waals surface area contributed by atoms with Crippen molar-refractivity contribution in [1.29, 1.82) is 0 Å². The summed E-state index contributed by atoms with van der Waals surface area (Å²) in [5.74, 6) is 1.31. The number of carbonyl (C=O) groups is 1. The minimum Gasteiger partial charge on any atom is -0.328 e. The van der Waals surface area contributed by atoms with Crippen LogP contribution in [0.15, 0.2) is 60.8 Å². The van der Waals surface area contributed by atoms with E-state index in [9.17, 15) is 4.79 Å². The van der Waals surface area contributed by atoms with Crippen molar-refractivity contribution in [2.45, 2.75) is 39.0 Å². The van der Waals surface area contributed by atoms with E-state index in [-0.39, 0.29) is 11.8 Å². The van der Waals surface area contributed by atoms with E-state index in [0.29, 0.717) is 17.6 Å². The predicted octanol–water partition coefficient (Wildman–Crippen LogP) is 5.80. The number of carbonyl (C=O) groups excluding carboxylic acids is 1. The number of para-hydroxylation sites is 2. The zero-order valence-electron chi connectivity index (χ0n) is 19.7. The highest BCUT2D eigenvalue weighted by molar-refractivity contribution is 6.03. The quantitative estimate of drug-likeness (QED) is 0.374. The Morgan fingerprint density at radius 1 is 1.03 bits per heavy atom. The molecule has 1 atom stereocenters. The van der Waals surface area contributed by atoms with E-state index in [1.807, 2.05) is 50.2 Å². The third-order valence-corrected chi connectivity index (χ3v) is 6.28. The number of amides is 1. The topological polar surface area (TPSA) is 84.7 Å². The van der Waals surface area contributed by atoms with Gasteiger partial charge in [-0.05, 0) is 50.3 Å². The predicted molar refractivity (Wildman–Crippen MR) is 136 cm³/mol. The molecule has 2 heterocycles. The lowest BCUT2D eigenvalue weighted by molar-refractivity contribution is 0.101. The number of hydrogen-bond donors (Lipinski definition) is 2. The molecule has 0 unspecified atom stereocenters. The maximum Gasteiger partial charge on any atom is 0.291 e. The number of allylic oxidation sites excluding steroid dienone is 2. The Balaban J connectivity index is 1.44. The van der Waals surface area contributed by atoms with Crippen molar-refractivity contribution in [1.82, 2.24) is 19.5 Å². The van der Waals surface area contributed by atoms with E-state index >= 15 is 0 Å². The highest BCUT2D eigenvalue weighted by Crippen LogP contribution is 2.32. The first kappa shape index (κ1) is 21.8. The summed E-state index contributed by atoms with van der Waals surface area (Å²) in [5.41, 5.74) is 4.74. The first-order chi connectivity index (χ1) is 16.5. The van der Waals surface area contributed by atoms with Crippen LogP contribution in [0.3, 0.4) is 0 Å². The van der Waals surface area contributed by atoms with Crippen molar-refractivity contribution in [2.75, 3.05) is 10.6 Å². The number of nitrogens with zero attached hydrogens (tertiary/aromatic N) is 4. The SMILES string of the molecule is Cc1cccc(C)c1NC(=O)c1nc(Nc2nc([C@H]3C=CCCC3)c3ccccc3n2)cn1C. The Morgan fingerprint density at radius 3 is 2.59 bits per heavy atom. The van der Waals surface area contributed by atoms with Gasteiger partial charge in [-0.1, -0.05) is 48.6 Å². The molecule has 0 saturated heterocycles. The summed E-state index contributed by atoms with van der Waals surface area (Å²) in [7, 11) is 1.80. The fourth-order valence-corrected chi connectivity index (χ4v) is 4.51. The summed E-state index contributed by atoms with van der Waals surface area (Å²) < 4.78 is 1.71. The Bertz CT molecular complexity index is 1380. The van der Waals surface area contributed by atoms with Crippen LogP contribution in [0.5, 0.6) is 0 Å². The molecule has 7 nitrogen and oxygen atoms in total. The van der Waals surface area contributed by atoms with Gasteiger partial charge in [-0.15, -0.1) is 0 Å². The van der Waals surface area contributed by atoms with Gasteiger partial charge in [-0.2, -0.15) is 0 Å². The molecule has 34 heavy (non-hydrogen) atoms. The van der Waals surface area contributed by atoms with Crippen molar-refractivity contribution in [2.24, 2.45) is 7.05 Å². The Kier molecular flexibility index (Phi) is 5.84. The minimum absolute atomic E-state index is 0.264. The van der Waals surface area contributed by atoms with Crippen LogP contribution in [0.25, 0.3) is 10.9 Å². The lowest BCUT2D eigenvalue weighted by Gasteiger charge is -2.18. The minimum atomic E-state index is -0.264. The number of fused-ring (bicyclic) bond motifs is 1. The molecule has 2 N–H and O–H groups in total. The molecule has 0 spiro atoms. The lowest BCUT2D eigenvalue weighted by Crippen LogP contribution is -2.18. The molecule has 4 aromatic rings. The first-order valence-corrected chi connectivity index (χ1v) is 11.6. The van der Waals surface area contributed by atoms with Gasteiger partial charge in [0, 0.05) is 30.2 Å². The summed E-state index contributed by atoms with van der Waals surface area (Å²) in [6.07, 6.45) is 9.60. The summed E-state index contributed by atoms with van der Waals surface area (Å²) in [6.45, 7) is 3.95. The molecule has 1 aliphatic carbocycles. The first-order valence-electron chi connectivity index (χ1n) is 11.6. The Hall–Kier alpha value is -4.00.